The Morgan fingerprint density at radius 2 is 2.00 bits per heavy atom. The summed E-state index contributed by atoms with van der Waals surface area (Å²) in [6.45, 7) is 11.0. The lowest BCUT2D eigenvalue weighted by molar-refractivity contribution is 0.715. The normalized spacial score (nSPS) is 9.57. The lowest BCUT2D eigenvalue weighted by Crippen LogP contribution is -1.83. The van der Waals surface area contributed by atoms with Gasteiger partial charge < -0.3 is 0 Å². The molecule has 0 atom stereocenters. The van der Waals surface area contributed by atoms with Crippen LogP contribution in [0.15, 0.2) is 12.7 Å². The molecular formula is C7H12. The smallest absolute Gasteiger partial charge is 0.0351 e. The average Bonchev–Trinajstić information content (AvgIpc) is 1.61. The standard InChI is InChI=1S/C7H12/c1-4-5-6-7(2)3/h4,7H,1-3,5-6H2. The molecule has 2 radical (unpaired) electrons. The van der Waals surface area contributed by atoms with Crippen molar-refractivity contribution in [3.05, 3.63) is 26.5 Å². The Labute approximate surface area is 46.2 Å². The Balaban J connectivity index is 2.81. The van der Waals surface area contributed by atoms with Crippen LogP contribution in [0.3, 0.4) is 0 Å². The van der Waals surface area contributed by atoms with Crippen LogP contribution in [0.25, 0.3) is 0 Å². The minimum Gasteiger partial charge on any atom is -0.103 e. The highest BCUT2D eigenvalue weighted by Gasteiger charge is 1.87. The first-order chi connectivity index (χ1) is 3.27. The fourth-order valence-electron chi connectivity index (χ4n) is 0.354. The summed E-state index contributed by atoms with van der Waals surface area (Å²) in [5.41, 5.74) is 0. The maximum absolute atomic E-state index is 3.72. The Morgan fingerprint density at radius 3 is 2.14 bits per heavy atom. The van der Waals surface area contributed by atoms with Gasteiger partial charge in [-0.2, -0.15) is 0 Å². The zero-order chi connectivity index (χ0) is 5.70. The predicted molar refractivity (Wildman–Crippen MR) is 33.6 cm³/mol. The van der Waals surface area contributed by atoms with E-state index in [1.807, 2.05) is 6.08 Å². The predicted octanol–water partition coefficient (Wildman–Crippen LogP) is 2.24. The summed E-state index contributed by atoms with van der Waals surface area (Å²) in [6, 6.07) is 0. The molecule has 0 aromatic rings. The van der Waals surface area contributed by atoms with Crippen LogP contribution in [0, 0.1) is 19.8 Å². The van der Waals surface area contributed by atoms with Crippen molar-refractivity contribution in [2.45, 2.75) is 12.8 Å². The van der Waals surface area contributed by atoms with Crippen molar-refractivity contribution < 1.29 is 0 Å². The molecule has 0 aliphatic carbocycles. The van der Waals surface area contributed by atoms with Crippen molar-refractivity contribution in [1.82, 2.24) is 0 Å². The van der Waals surface area contributed by atoms with E-state index in [0.29, 0.717) is 5.92 Å². The van der Waals surface area contributed by atoms with Gasteiger partial charge in [0.15, 0.2) is 0 Å². The van der Waals surface area contributed by atoms with Crippen molar-refractivity contribution in [3.63, 3.8) is 0 Å². The van der Waals surface area contributed by atoms with Crippen LogP contribution in [0.1, 0.15) is 12.8 Å². The molecule has 0 spiro atoms. The first kappa shape index (κ1) is 6.74. The second kappa shape index (κ2) is 3.91. The summed E-state index contributed by atoms with van der Waals surface area (Å²) in [5, 5.41) is 0. The molecule has 40 valence electrons. The Kier molecular flexibility index (Phi) is 3.77. The number of allylic oxidation sites excluding steroid dienone is 1. The summed E-state index contributed by atoms with van der Waals surface area (Å²) in [7, 11) is 0. The topological polar surface area (TPSA) is 0 Å². The highest BCUT2D eigenvalue weighted by Crippen LogP contribution is 2.01. The van der Waals surface area contributed by atoms with Crippen molar-refractivity contribution in [1.29, 1.82) is 0 Å². The third-order valence-electron chi connectivity index (χ3n) is 0.779. The number of hydrogen-bond donors (Lipinski definition) is 0. The van der Waals surface area contributed by atoms with Crippen LogP contribution in [0.4, 0.5) is 0 Å². The molecule has 0 aromatic carbocycles. The maximum atomic E-state index is 3.72. The summed E-state index contributed by atoms with van der Waals surface area (Å²) >= 11 is 0. The van der Waals surface area contributed by atoms with Gasteiger partial charge in [0.1, 0.15) is 0 Å². The van der Waals surface area contributed by atoms with Crippen LogP contribution in [0.2, 0.25) is 0 Å². The van der Waals surface area contributed by atoms with Crippen molar-refractivity contribution >= 4 is 0 Å². The fourth-order valence-corrected chi connectivity index (χ4v) is 0.354. The van der Waals surface area contributed by atoms with Crippen LogP contribution < -0.4 is 0 Å². The fraction of sp³-hybridized carbons (Fsp3) is 0.429. The van der Waals surface area contributed by atoms with Gasteiger partial charge in [0.05, 0.1) is 0 Å². The second-order valence-corrected chi connectivity index (χ2v) is 1.73. The Morgan fingerprint density at radius 1 is 1.43 bits per heavy atom. The van der Waals surface area contributed by atoms with E-state index in [0.717, 1.165) is 12.8 Å². The van der Waals surface area contributed by atoms with Crippen molar-refractivity contribution in [2.24, 2.45) is 5.92 Å². The lowest BCUT2D eigenvalue weighted by Gasteiger charge is -1.96. The third kappa shape index (κ3) is 5.74. The zero-order valence-electron chi connectivity index (χ0n) is 4.69. The minimum atomic E-state index is 0.331. The number of rotatable bonds is 3. The van der Waals surface area contributed by atoms with Crippen LogP contribution >= 0.6 is 0 Å². The van der Waals surface area contributed by atoms with E-state index in [9.17, 15) is 0 Å². The van der Waals surface area contributed by atoms with Crippen LogP contribution in [-0.2, 0) is 0 Å². The SMILES string of the molecule is [CH2]C([CH2])CCC=C. The van der Waals surface area contributed by atoms with Crippen LogP contribution in [-0.4, -0.2) is 0 Å². The molecule has 0 saturated carbocycles. The van der Waals surface area contributed by atoms with Gasteiger partial charge in [-0.25, -0.2) is 0 Å². The third-order valence-corrected chi connectivity index (χ3v) is 0.779. The van der Waals surface area contributed by atoms with E-state index in [-0.39, 0.29) is 0 Å². The van der Waals surface area contributed by atoms with Crippen LogP contribution in [0.5, 0.6) is 0 Å². The number of hydrogen-bond acceptors (Lipinski definition) is 0. The molecular weight excluding hydrogens is 84.1 g/mol. The van der Waals surface area contributed by atoms with Gasteiger partial charge in [-0.15, -0.1) is 6.58 Å². The molecule has 0 aliphatic rings. The first-order valence-corrected chi connectivity index (χ1v) is 2.54. The summed E-state index contributed by atoms with van der Waals surface area (Å²) in [6.07, 6.45) is 3.99. The Hall–Kier alpha value is -0.260. The molecule has 0 rings (SSSR count). The molecule has 0 aromatic heterocycles. The molecule has 0 N–H and O–H groups in total. The highest BCUT2D eigenvalue weighted by molar-refractivity contribution is 4.71. The molecule has 0 bridgehead atoms. The van der Waals surface area contributed by atoms with Gasteiger partial charge in [-0.1, -0.05) is 19.9 Å². The molecule has 0 aliphatic heterocycles. The van der Waals surface area contributed by atoms with Gasteiger partial charge in [0.2, 0.25) is 0 Å². The van der Waals surface area contributed by atoms with E-state index in [2.05, 4.69) is 20.4 Å². The van der Waals surface area contributed by atoms with Crippen molar-refractivity contribution in [2.75, 3.05) is 0 Å². The molecule has 0 unspecified atom stereocenters. The van der Waals surface area contributed by atoms with Gasteiger partial charge in [-0.05, 0) is 18.8 Å². The van der Waals surface area contributed by atoms with E-state index in [1.165, 1.54) is 0 Å². The van der Waals surface area contributed by atoms with E-state index >= 15 is 0 Å². The summed E-state index contributed by atoms with van der Waals surface area (Å²) < 4.78 is 0. The maximum Gasteiger partial charge on any atom is -0.0351 e. The van der Waals surface area contributed by atoms with Gasteiger partial charge in [-0.3, -0.25) is 0 Å². The molecule has 7 heavy (non-hydrogen) atoms. The molecule has 0 heterocycles. The van der Waals surface area contributed by atoms with E-state index < -0.39 is 0 Å². The molecule has 0 saturated heterocycles. The van der Waals surface area contributed by atoms with Gasteiger partial charge >= 0.3 is 0 Å². The van der Waals surface area contributed by atoms with E-state index in [1.54, 1.807) is 0 Å². The van der Waals surface area contributed by atoms with Crippen molar-refractivity contribution in [3.8, 4) is 0 Å². The summed E-state index contributed by atoms with van der Waals surface area (Å²) in [4.78, 5) is 0. The lowest BCUT2D eigenvalue weighted by atomic mass is 10.1. The second-order valence-electron chi connectivity index (χ2n) is 1.73. The summed E-state index contributed by atoms with van der Waals surface area (Å²) in [5.74, 6) is 0.331. The first-order valence-electron chi connectivity index (χ1n) is 2.54. The minimum absolute atomic E-state index is 0.331. The Bertz CT molecular complexity index is 44.0. The molecule has 0 fully saturated rings. The quantitative estimate of drug-likeness (QED) is 0.473. The highest BCUT2D eigenvalue weighted by atomic mass is 13.9. The van der Waals surface area contributed by atoms with Gasteiger partial charge in [0, 0.05) is 0 Å². The van der Waals surface area contributed by atoms with E-state index in [4.69, 9.17) is 0 Å². The molecule has 0 nitrogen and oxygen atoms in total. The zero-order valence-corrected chi connectivity index (χ0v) is 4.69. The average molecular weight is 96.2 g/mol. The largest absolute Gasteiger partial charge is 0.103 e. The molecule has 0 heteroatoms. The monoisotopic (exact) mass is 96.1 g/mol. The molecule has 0 amide bonds. The van der Waals surface area contributed by atoms with Gasteiger partial charge in [0.25, 0.3) is 0 Å².